The molecule has 0 amide bonds. The van der Waals surface area contributed by atoms with E-state index in [0.717, 1.165) is 27.8 Å². The molecular formula is C22H20F2N4O2S2. The van der Waals surface area contributed by atoms with Gasteiger partial charge in [-0.2, -0.15) is 8.78 Å². The van der Waals surface area contributed by atoms with Crippen molar-refractivity contribution in [2.75, 3.05) is 5.75 Å². The minimum absolute atomic E-state index is 0.0207. The monoisotopic (exact) mass is 474 g/mol. The number of thiophene rings is 1. The quantitative estimate of drug-likeness (QED) is 0.248. The van der Waals surface area contributed by atoms with Crippen LogP contribution in [0.25, 0.3) is 16.4 Å². The molecule has 0 N–H and O–H groups in total. The number of thioether (sulfide) groups is 1. The van der Waals surface area contributed by atoms with Crippen molar-refractivity contribution in [1.82, 2.24) is 19.3 Å². The van der Waals surface area contributed by atoms with Gasteiger partial charge in [-0.05, 0) is 55.6 Å². The molecule has 0 aliphatic carbocycles. The predicted molar refractivity (Wildman–Crippen MR) is 121 cm³/mol. The number of Topliss-reactive ketones (excluding diaryl/α,β-unsaturated/α-hetero) is 1. The highest BCUT2D eigenvalue weighted by atomic mass is 32.2. The number of halogens is 2. The Hall–Kier alpha value is -2.98. The van der Waals surface area contributed by atoms with Crippen molar-refractivity contribution in [3.63, 3.8) is 0 Å². The van der Waals surface area contributed by atoms with Crippen molar-refractivity contribution in [3.05, 3.63) is 64.8 Å². The van der Waals surface area contributed by atoms with Gasteiger partial charge in [0.05, 0.1) is 10.6 Å². The fraction of sp³-hybridized carbons (Fsp3) is 0.227. The number of carbonyl (C=O) groups excluding carboxylic acids is 1. The summed E-state index contributed by atoms with van der Waals surface area (Å²) in [5, 5.41) is 11.1. The normalized spacial score (nSPS) is 11.3. The Labute approximate surface area is 191 Å². The summed E-state index contributed by atoms with van der Waals surface area (Å²) >= 11 is 2.93. The maximum atomic E-state index is 13.0. The van der Waals surface area contributed by atoms with E-state index in [9.17, 15) is 13.6 Å². The fourth-order valence-corrected chi connectivity index (χ4v) is 5.03. The molecule has 10 heteroatoms. The molecule has 3 aromatic heterocycles. The van der Waals surface area contributed by atoms with Gasteiger partial charge in [0.25, 0.3) is 0 Å². The van der Waals surface area contributed by atoms with E-state index < -0.39 is 6.61 Å². The SMILES string of the molecule is Cc1cc(C(=O)CSc2nnc(-c3cccs3)n2C)c(C)n1-c1ccc(OC(F)F)cc1. The predicted octanol–water partition coefficient (Wildman–Crippen LogP) is 5.53. The van der Waals surface area contributed by atoms with Gasteiger partial charge in [-0.15, -0.1) is 21.5 Å². The summed E-state index contributed by atoms with van der Waals surface area (Å²) in [6.45, 7) is 0.898. The van der Waals surface area contributed by atoms with Crippen molar-refractivity contribution in [2.45, 2.75) is 25.6 Å². The zero-order valence-corrected chi connectivity index (χ0v) is 19.2. The molecule has 4 rings (SSSR count). The third kappa shape index (κ3) is 4.46. The lowest BCUT2D eigenvalue weighted by Gasteiger charge is -2.11. The van der Waals surface area contributed by atoms with E-state index in [1.54, 1.807) is 23.5 Å². The van der Waals surface area contributed by atoms with Crippen LogP contribution in [-0.2, 0) is 7.05 Å². The smallest absolute Gasteiger partial charge is 0.387 e. The number of ether oxygens (including phenoxy) is 1. The highest BCUT2D eigenvalue weighted by Crippen LogP contribution is 2.28. The lowest BCUT2D eigenvalue weighted by atomic mass is 10.2. The van der Waals surface area contributed by atoms with Gasteiger partial charge in [-0.3, -0.25) is 4.79 Å². The van der Waals surface area contributed by atoms with E-state index in [1.165, 1.54) is 23.9 Å². The summed E-state index contributed by atoms with van der Waals surface area (Å²) < 4.78 is 33.0. The number of ketones is 1. The number of carbonyl (C=O) groups is 1. The molecule has 1 aromatic carbocycles. The molecule has 0 radical (unpaired) electrons. The average molecular weight is 475 g/mol. The third-order valence-electron chi connectivity index (χ3n) is 4.96. The Morgan fingerprint density at radius 1 is 1.19 bits per heavy atom. The van der Waals surface area contributed by atoms with Crippen LogP contribution in [0.3, 0.4) is 0 Å². The van der Waals surface area contributed by atoms with Crippen molar-refractivity contribution >= 4 is 28.9 Å². The zero-order valence-electron chi connectivity index (χ0n) is 17.6. The molecule has 6 nitrogen and oxygen atoms in total. The van der Waals surface area contributed by atoms with Gasteiger partial charge in [0.15, 0.2) is 16.8 Å². The molecule has 0 bridgehead atoms. The van der Waals surface area contributed by atoms with Gasteiger partial charge in [-0.25, -0.2) is 0 Å². The third-order valence-corrected chi connectivity index (χ3v) is 6.85. The number of aromatic nitrogens is 4. The highest BCUT2D eigenvalue weighted by molar-refractivity contribution is 7.99. The topological polar surface area (TPSA) is 61.9 Å². The van der Waals surface area contributed by atoms with E-state index in [-0.39, 0.29) is 17.3 Å². The number of benzene rings is 1. The lowest BCUT2D eigenvalue weighted by Crippen LogP contribution is -2.07. The van der Waals surface area contributed by atoms with E-state index >= 15 is 0 Å². The number of nitrogens with zero attached hydrogens (tertiary/aromatic N) is 4. The molecule has 0 spiro atoms. The molecular weight excluding hydrogens is 454 g/mol. The van der Waals surface area contributed by atoms with Crippen molar-refractivity contribution in [2.24, 2.45) is 7.05 Å². The molecule has 0 unspecified atom stereocenters. The second-order valence-electron chi connectivity index (χ2n) is 7.05. The van der Waals surface area contributed by atoms with Crippen LogP contribution in [0.4, 0.5) is 8.78 Å². The number of hydrogen-bond donors (Lipinski definition) is 0. The van der Waals surface area contributed by atoms with Crippen molar-refractivity contribution < 1.29 is 18.3 Å². The fourth-order valence-electron chi connectivity index (χ4n) is 3.49. The molecule has 166 valence electrons. The first-order valence-corrected chi connectivity index (χ1v) is 11.5. The Kier molecular flexibility index (Phi) is 6.43. The van der Waals surface area contributed by atoms with Gasteiger partial charge in [0.1, 0.15) is 5.75 Å². The summed E-state index contributed by atoms with van der Waals surface area (Å²) in [6, 6.07) is 12.1. The van der Waals surface area contributed by atoms with Gasteiger partial charge in [-0.1, -0.05) is 17.8 Å². The molecule has 3 heterocycles. The summed E-state index contributed by atoms with van der Waals surface area (Å²) in [6.07, 6.45) is 0. The molecule has 0 aliphatic heterocycles. The molecule has 0 fully saturated rings. The first-order chi connectivity index (χ1) is 15.3. The molecule has 4 aromatic rings. The number of aryl methyl sites for hydroxylation is 1. The average Bonchev–Trinajstić information content (AvgIpc) is 3.47. The van der Waals surface area contributed by atoms with Crippen LogP contribution in [-0.4, -0.2) is 37.5 Å². The minimum Gasteiger partial charge on any atom is -0.435 e. The van der Waals surface area contributed by atoms with Crippen molar-refractivity contribution in [3.8, 4) is 22.1 Å². The minimum atomic E-state index is -2.87. The summed E-state index contributed by atoms with van der Waals surface area (Å²) in [4.78, 5) is 14.0. The Morgan fingerprint density at radius 2 is 1.94 bits per heavy atom. The first kappa shape index (κ1) is 22.2. The molecule has 0 aliphatic rings. The van der Waals surface area contributed by atoms with E-state index in [1.807, 2.05) is 53.6 Å². The number of hydrogen-bond acceptors (Lipinski definition) is 6. The van der Waals surface area contributed by atoms with Gasteiger partial charge in [0.2, 0.25) is 0 Å². The zero-order chi connectivity index (χ0) is 22.8. The highest BCUT2D eigenvalue weighted by Gasteiger charge is 2.19. The lowest BCUT2D eigenvalue weighted by molar-refractivity contribution is -0.0498. The molecule has 0 saturated carbocycles. The Bertz CT molecular complexity index is 1230. The maximum Gasteiger partial charge on any atom is 0.387 e. The molecule has 0 saturated heterocycles. The summed E-state index contributed by atoms with van der Waals surface area (Å²) in [5.41, 5.74) is 3.04. The Morgan fingerprint density at radius 3 is 2.59 bits per heavy atom. The molecule has 32 heavy (non-hydrogen) atoms. The van der Waals surface area contributed by atoms with Crippen LogP contribution in [0.2, 0.25) is 0 Å². The standard InChI is InChI=1S/C22H20F2N4O2S2/c1-13-11-17(14(2)28(13)15-6-8-16(9-7-15)30-21(23)24)18(29)12-32-22-26-25-20(27(22)3)19-5-4-10-31-19/h4-11,21H,12H2,1-3H3. The maximum absolute atomic E-state index is 13.0. The van der Waals surface area contributed by atoms with Gasteiger partial charge >= 0.3 is 6.61 Å². The summed E-state index contributed by atoms with van der Waals surface area (Å²) in [7, 11) is 1.88. The van der Waals surface area contributed by atoms with Gasteiger partial charge in [0, 0.05) is 29.7 Å². The largest absolute Gasteiger partial charge is 0.435 e. The second kappa shape index (κ2) is 9.25. The van der Waals surface area contributed by atoms with Crippen molar-refractivity contribution in [1.29, 1.82) is 0 Å². The first-order valence-electron chi connectivity index (χ1n) is 9.68. The van der Waals surface area contributed by atoms with Crippen LogP contribution in [0, 0.1) is 13.8 Å². The van der Waals surface area contributed by atoms with Crippen LogP contribution in [0.15, 0.2) is 53.0 Å². The number of rotatable bonds is 8. The Balaban J connectivity index is 1.50. The molecule has 0 atom stereocenters. The van der Waals surface area contributed by atoms with Crippen LogP contribution in [0.1, 0.15) is 21.7 Å². The van der Waals surface area contributed by atoms with Crippen LogP contribution >= 0.6 is 23.1 Å². The van der Waals surface area contributed by atoms with E-state index in [0.29, 0.717) is 10.7 Å². The van der Waals surface area contributed by atoms with Crippen LogP contribution < -0.4 is 4.74 Å². The summed E-state index contributed by atoms with van der Waals surface area (Å²) in [5.74, 6) is 1.06. The van der Waals surface area contributed by atoms with E-state index in [2.05, 4.69) is 14.9 Å². The second-order valence-corrected chi connectivity index (χ2v) is 8.94. The van der Waals surface area contributed by atoms with Gasteiger partial charge < -0.3 is 13.9 Å². The van der Waals surface area contributed by atoms with Crippen LogP contribution in [0.5, 0.6) is 5.75 Å². The van der Waals surface area contributed by atoms with E-state index in [4.69, 9.17) is 0 Å². The number of alkyl halides is 2.